The zero-order valence-corrected chi connectivity index (χ0v) is 12.6. The van der Waals surface area contributed by atoms with Crippen LogP contribution in [0.1, 0.15) is 6.42 Å². The van der Waals surface area contributed by atoms with E-state index in [1.165, 1.54) is 0 Å². The molecular weight excluding hydrogens is 264 g/mol. The lowest BCUT2D eigenvalue weighted by Crippen LogP contribution is -2.43. The number of hydrogen-bond acceptors (Lipinski definition) is 2. The van der Waals surface area contributed by atoms with Gasteiger partial charge in [0.2, 0.25) is 5.91 Å². The van der Waals surface area contributed by atoms with Crippen LogP contribution in [0, 0.1) is 5.92 Å². The quantitative estimate of drug-likeness (QED) is 0.564. The molecule has 0 spiro atoms. The van der Waals surface area contributed by atoms with Crippen molar-refractivity contribution in [3.63, 3.8) is 0 Å². The molecule has 0 saturated heterocycles. The summed E-state index contributed by atoms with van der Waals surface area (Å²) >= 11 is 0. The Kier molecular flexibility index (Phi) is 3.90. The molecule has 0 aromatic heterocycles. The minimum Gasteiger partial charge on any atom is -0.299 e. The van der Waals surface area contributed by atoms with E-state index < -0.39 is 0 Å². The minimum absolute atomic E-state index is 0.0694. The second kappa shape index (κ2) is 4.85. The zero-order valence-electron chi connectivity index (χ0n) is 8.42. The molecule has 6 atom stereocenters. The summed E-state index contributed by atoms with van der Waals surface area (Å²) < 4.78 is 0. The van der Waals surface area contributed by atoms with E-state index >= 15 is 0 Å². The van der Waals surface area contributed by atoms with Crippen molar-refractivity contribution < 1.29 is 4.79 Å². The third-order valence-corrected chi connectivity index (χ3v) is 12.5. The van der Waals surface area contributed by atoms with Crippen molar-refractivity contribution in [2.24, 2.45) is 10.9 Å². The molecule has 0 fully saturated rings. The van der Waals surface area contributed by atoms with Gasteiger partial charge >= 0.3 is 0 Å². The van der Waals surface area contributed by atoms with Gasteiger partial charge in [0.1, 0.15) is 5.58 Å². The average molecular weight is 278 g/mol. The molecule has 1 aliphatic heterocycles. The first-order valence-electron chi connectivity index (χ1n) is 4.68. The fourth-order valence-electron chi connectivity index (χ4n) is 1.87. The van der Waals surface area contributed by atoms with Crippen molar-refractivity contribution in [3.8, 4) is 0 Å². The fraction of sp³-hybridized carbons (Fsp3) is 0.500. The lowest BCUT2D eigenvalue weighted by atomic mass is 10.0. The second-order valence-corrected chi connectivity index (χ2v) is 12.6. The van der Waals surface area contributed by atoms with E-state index in [-0.39, 0.29) is 25.2 Å². The second-order valence-electron chi connectivity index (χ2n) is 3.59. The number of amidine groups is 1. The van der Waals surface area contributed by atoms with Crippen LogP contribution in [0.3, 0.4) is 0 Å². The SMILES string of the molecule is CN1C(=O)C2CC=CC2N=C1P(P)PP. The van der Waals surface area contributed by atoms with Crippen LogP contribution in [0.15, 0.2) is 17.1 Å². The Morgan fingerprint density at radius 3 is 3.13 bits per heavy atom. The first-order chi connectivity index (χ1) is 7.15. The number of aliphatic imine (C=N–C) groups is 1. The number of amides is 1. The molecule has 82 valence electrons. The van der Waals surface area contributed by atoms with Crippen molar-refractivity contribution in [1.29, 1.82) is 0 Å². The maximum Gasteiger partial charge on any atom is 0.233 e. The van der Waals surface area contributed by atoms with Gasteiger partial charge in [-0.1, -0.05) is 29.0 Å². The molecule has 0 radical (unpaired) electrons. The van der Waals surface area contributed by atoms with Crippen molar-refractivity contribution in [2.45, 2.75) is 12.5 Å². The maximum atomic E-state index is 12.0. The summed E-state index contributed by atoms with van der Waals surface area (Å²) in [4.78, 5) is 18.5. The molecule has 1 aliphatic carbocycles. The molecule has 1 amide bonds. The van der Waals surface area contributed by atoms with Gasteiger partial charge in [-0.3, -0.25) is 14.7 Å². The predicted octanol–water partition coefficient (Wildman–Crippen LogP) is 2.41. The summed E-state index contributed by atoms with van der Waals surface area (Å²) in [6.07, 6.45) is 4.99. The number of allylic oxidation sites excluding steroid dienone is 1. The molecule has 0 N–H and O–H groups in total. The van der Waals surface area contributed by atoms with E-state index in [9.17, 15) is 4.79 Å². The van der Waals surface area contributed by atoms with Gasteiger partial charge < -0.3 is 0 Å². The smallest absolute Gasteiger partial charge is 0.233 e. The van der Waals surface area contributed by atoms with Crippen LogP contribution < -0.4 is 0 Å². The Bertz CT molecular complexity index is 344. The number of nitrogens with zero attached hydrogens (tertiary/aromatic N) is 2. The third kappa shape index (κ3) is 2.18. The molecule has 7 heteroatoms. The Morgan fingerprint density at radius 2 is 2.47 bits per heavy atom. The summed E-state index contributed by atoms with van der Waals surface area (Å²) in [5.74, 6) is 0.299. The number of carbonyl (C=O) groups is 1. The van der Waals surface area contributed by atoms with Gasteiger partial charge in [-0.05, 0) is 6.42 Å². The van der Waals surface area contributed by atoms with Crippen molar-refractivity contribution >= 4 is 44.6 Å². The summed E-state index contributed by atoms with van der Waals surface area (Å²) in [5, 5.41) is 0. The van der Waals surface area contributed by atoms with E-state index in [2.05, 4.69) is 35.0 Å². The van der Waals surface area contributed by atoms with Crippen LogP contribution in [0.2, 0.25) is 0 Å². The topological polar surface area (TPSA) is 32.7 Å². The monoisotopic (exact) mass is 278 g/mol. The highest BCUT2D eigenvalue weighted by molar-refractivity contribution is 8.66. The highest BCUT2D eigenvalue weighted by atomic mass is 32.6. The van der Waals surface area contributed by atoms with Crippen LogP contribution in [-0.4, -0.2) is 29.5 Å². The van der Waals surface area contributed by atoms with Gasteiger partial charge in [0, 0.05) is 14.3 Å². The van der Waals surface area contributed by atoms with Gasteiger partial charge in [0.05, 0.1) is 12.0 Å². The zero-order chi connectivity index (χ0) is 11.0. The highest BCUT2D eigenvalue weighted by Gasteiger charge is 2.38. The molecule has 1 heterocycles. The van der Waals surface area contributed by atoms with Crippen LogP contribution in [0.5, 0.6) is 0 Å². The van der Waals surface area contributed by atoms with Crippen LogP contribution in [-0.2, 0) is 4.79 Å². The van der Waals surface area contributed by atoms with Gasteiger partial charge in [-0.2, -0.15) is 0 Å². The van der Waals surface area contributed by atoms with E-state index in [0.717, 1.165) is 20.0 Å². The molecule has 0 saturated carbocycles. The van der Waals surface area contributed by atoms with Gasteiger partial charge in [-0.25, -0.2) is 0 Å². The molecule has 15 heavy (non-hydrogen) atoms. The largest absolute Gasteiger partial charge is 0.299 e. The van der Waals surface area contributed by atoms with E-state index in [1.54, 1.807) is 4.90 Å². The summed E-state index contributed by atoms with van der Waals surface area (Å²) in [7, 11) is 7.79. The molecule has 2 aliphatic rings. The predicted molar refractivity (Wildman–Crippen MR) is 75.9 cm³/mol. The Hall–Kier alpha value is 0.600. The summed E-state index contributed by atoms with van der Waals surface area (Å²) in [6, 6.07) is 0.107. The molecule has 0 aromatic rings. The molecule has 6 unspecified atom stereocenters. The van der Waals surface area contributed by atoms with E-state index in [0.29, 0.717) is 0 Å². The van der Waals surface area contributed by atoms with E-state index in [1.807, 2.05) is 7.05 Å². The third-order valence-electron chi connectivity index (χ3n) is 2.70. The lowest BCUT2D eigenvalue weighted by molar-refractivity contribution is -0.131. The van der Waals surface area contributed by atoms with Crippen LogP contribution in [0.4, 0.5) is 0 Å². The lowest BCUT2D eigenvalue weighted by Gasteiger charge is -2.32. The number of carbonyl (C=O) groups excluding carboxylic acids is 1. The van der Waals surface area contributed by atoms with Crippen LogP contribution in [0.25, 0.3) is 0 Å². The highest BCUT2D eigenvalue weighted by Crippen LogP contribution is 2.67. The summed E-state index contributed by atoms with van der Waals surface area (Å²) in [5.41, 5.74) is 0.973. The molecule has 0 aromatic carbocycles. The molecule has 0 bridgehead atoms. The standard InChI is InChI=1S/C8H14N2OP4/c1-10-7(11)5-3-2-4-6(5)9-8(10)15(13)14-12/h2,4-6,14H,3,12-13H2,1H3. The Morgan fingerprint density at radius 1 is 1.73 bits per heavy atom. The van der Waals surface area contributed by atoms with Crippen molar-refractivity contribution in [1.82, 2.24) is 4.90 Å². The maximum absolute atomic E-state index is 12.0. The molecule has 2 rings (SSSR count). The normalized spacial score (nSPS) is 32.3. The minimum atomic E-state index is -0.357. The number of fused-ring (bicyclic) bond motifs is 1. The Balaban J connectivity index is 2.30. The van der Waals surface area contributed by atoms with Crippen molar-refractivity contribution in [2.75, 3.05) is 7.05 Å². The van der Waals surface area contributed by atoms with Crippen LogP contribution >= 0.6 is 33.1 Å². The fourth-order valence-corrected chi connectivity index (χ4v) is 5.39. The Labute approximate surface area is 97.2 Å². The van der Waals surface area contributed by atoms with Crippen molar-refractivity contribution in [3.05, 3.63) is 12.2 Å². The first kappa shape index (κ1) is 12.1. The number of hydrogen-bond donors (Lipinski definition) is 0. The summed E-state index contributed by atoms with van der Waals surface area (Å²) in [6.45, 7) is 0. The number of rotatable bonds is 2. The van der Waals surface area contributed by atoms with Gasteiger partial charge in [0.25, 0.3) is 0 Å². The van der Waals surface area contributed by atoms with Gasteiger partial charge in [-0.15, -0.1) is 8.93 Å². The van der Waals surface area contributed by atoms with Gasteiger partial charge in [0.15, 0.2) is 0 Å². The molecule has 3 nitrogen and oxygen atoms in total. The molecular formula is C8H14N2OP4. The average Bonchev–Trinajstić information content (AvgIpc) is 2.70. The van der Waals surface area contributed by atoms with E-state index in [4.69, 9.17) is 0 Å². The first-order valence-corrected chi connectivity index (χ1v) is 11.3.